The number of nitrogens with zero attached hydrogens (tertiary/aromatic N) is 1. The van der Waals surface area contributed by atoms with Gasteiger partial charge in [0.2, 0.25) is 15.9 Å². The summed E-state index contributed by atoms with van der Waals surface area (Å²) in [6.07, 6.45) is 0. The Hall–Kier alpha value is -2.00. The summed E-state index contributed by atoms with van der Waals surface area (Å²) < 4.78 is 41.1. The largest absolute Gasteiger partial charge is 0.481 e. The summed E-state index contributed by atoms with van der Waals surface area (Å²) in [7, 11) is -4.24. The van der Waals surface area contributed by atoms with E-state index in [1.54, 1.807) is 20.8 Å². The number of halogens is 1. The zero-order chi connectivity index (χ0) is 19.6. The molecule has 3 atom stereocenters. The third kappa shape index (κ3) is 4.21. The lowest BCUT2D eigenvalue weighted by atomic mass is 9.99. The standard InChI is InChI=1S/C17H23FN2O5S/c1-10(2)15(16(21)20-8-11(3)12(9-20)17(22)23)19-26(24,25)14-7-5-4-6-13(14)18/h4-7,10-12,15,19H,8-9H2,1-3H3,(H,22,23)/t11-,12-,15?/m1/s1. The summed E-state index contributed by atoms with van der Waals surface area (Å²) in [5.74, 6) is -3.71. The first-order valence-electron chi connectivity index (χ1n) is 8.33. The Morgan fingerprint density at radius 1 is 1.27 bits per heavy atom. The molecule has 1 fully saturated rings. The van der Waals surface area contributed by atoms with Crippen LogP contribution >= 0.6 is 0 Å². The minimum Gasteiger partial charge on any atom is -0.481 e. The van der Waals surface area contributed by atoms with Crippen LogP contribution in [0.25, 0.3) is 0 Å². The van der Waals surface area contributed by atoms with Gasteiger partial charge in [0, 0.05) is 13.1 Å². The highest BCUT2D eigenvalue weighted by Gasteiger charge is 2.40. The van der Waals surface area contributed by atoms with Crippen molar-refractivity contribution >= 4 is 21.9 Å². The van der Waals surface area contributed by atoms with Crippen molar-refractivity contribution < 1.29 is 27.5 Å². The van der Waals surface area contributed by atoms with Gasteiger partial charge in [0.15, 0.2) is 0 Å². The molecular weight excluding hydrogens is 363 g/mol. The molecule has 0 aromatic heterocycles. The van der Waals surface area contributed by atoms with Gasteiger partial charge in [-0.3, -0.25) is 9.59 Å². The van der Waals surface area contributed by atoms with E-state index in [4.69, 9.17) is 0 Å². The maximum atomic E-state index is 13.9. The third-order valence-electron chi connectivity index (χ3n) is 4.58. The Labute approximate surface area is 152 Å². The normalized spacial score (nSPS) is 21.8. The maximum absolute atomic E-state index is 13.9. The number of carboxylic acid groups (broad SMARTS) is 1. The highest BCUT2D eigenvalue weighted by molar-refractivity contribution is 7.89. The van der Waals surface area contributed by atoms with E-state index in [1.807, 2.05) is 0 Å². The summed E-state index contributed by atoms with van der Waals surface area (Å²) in [5, 5.41) is 9.21. The first kappa shape index (κ1) is 20.3. The molecule has 2 N–H and O–H groups in total. The van der Waals surface area contributed by atoms with Crippen molar-refractivity contribution in [3.63, 3.8) is 0 Å². The van der Waals surface area contributed by atoms with E-state index >= 15 is 0 Å². The molecule has 1 unspecified atom stereocenters. The molecule has 144 valence electrons. The average Bonchev–Trinajstić information content (AvgIpc) is 2.94. The van der Waals surface area contributed by atoms with E-state index in [2.05, 4.69) is 4.72 Å². The second kappa shape index (κ2) is 7.71. The summed E-state index contributed by atoms with van der Waals surface area (Å²) in [4.78, 5) is 24.9. The third-order valence-corrected chi connectivity index (χ3v) is 6.06. The number of hydrogen-bond donors (Lipinski definition) is 2. The summed E-state index contributed by atoms with van der Waals surface area (Å²) >= 11 is 0. The number of carboxylic acids is 1. The average molecular weight is 386 g/mol. The SMILES string of the molecule is CC(C)C(NS(=O)(=O)c1ccccc1F)C(=O)N1C[C@@H](C)[C@H](C(=O)O)C1. The van der Waals surface area contributed by atoms with E-state index in [0.29, 0.717) is 0 Å². The van der Waals surface area contributed by atoms with Crippen molar-refractivity contribution in [1.82, 2.24) is 9.62 Å². The van der Waals surface area contributed by atoms with Gasteiger partial charge >= 0.3 is 5.97 Å². The molecule has 9 heteroatoms. The molecule has 1 heterocycles. The molecule has 0 bridgehead atoms. The van der Waals surface area contributed by atoms with Crippen LogP contribution in [0, 0.1) is 23.6 Å². The number of carbonyl (C=O) groups excluding carboxylic acids is 1. The molecule has 1 saturated heterocycles. The molecule has 1 aromatic carbocycles. The number of amides is 1. The van der Waals surface area contributed by atoms with E-state index in [0.717, 1.165) is 12.1 Å². The second-order valence-corrected chi connectivity index (χ2v) is 8.62. The number of sulfonamides is 1. The van der Waals surface area contributed by atoms with Gasteiger partial charge in [0.1, 0.15) is 16.8 Å². The monoisotopic (exact) mass is 386 g/mol. The first-order chi connectivity index (χ1) is 12.0. The second-order valence-electron chi connectivity index (χ2n) is 6.94. The zero-order valence-corrected chi connectivity index (χ0v) is 15.7. The number of aliphatic carboxylic acids is 1. The summed E-state index contributed by atoms with van der Waals surface area (Å²) in [6, 6.07) is 3.80. The molecule has 0 saturated carbocycles. The summed E-state index contributed by atoms with van der Waals surface area (Å²) in [6.45, 7) is 5.33. The van der Waals surface area contributed by atoms with Crippen molar-refractivity contribution in [2.45, 2.75) is 31.7 Å². The zero-order valence-electron chi connectivity index (χ0n) is 14.8. The molecule has 1 aliphatic rings. The molecule has 1 aromatic rings. The van der Waals surface area contributed by atoms with Crippen molar-refractivity contribution in [3.05, 3.63) is 30.1 Å². The molecular formula is C17H23FN2O5S. The van der Waals surface area contributed by atoms with Crippen LogP contribution in [0.15, 0.2) is 29.2 Å². The van der Waals surface area contributed by atoms with Gasteiger partial charge < -0.3 is 10.0 Å². The molecule has 7 nitrogen and oxygen atoms in total. The van der Waals surface area contributed by atoms with Gasteiger partial charge in [-0.1, -0.05) is 32.9 Å². The predicted octanol–water partition coefficient (Wildman–Crippen LogP) is 1.31. The predicted molar refractivity (Wildman–Crippen MR) is 92.2 cm³/mol. The van der Waals surface area contributed by atoms with Crippen LogP contribution in [0.5, 0.6) is 0 Å². The van der Waals surface area contributed by atoms with Crippen molar-refractivity contribution in [3.8, 4) is 0 Å². The van der Waals surface area contributed by atoms with Gasteiger partial charge in [-0.15, -0.1) is 0 Å². The molecule has 0 radical (unpaired) electrons. The number of nitrogens with one attached hydrogen (secondary N) is 1. The van der Waals surface area contributed by atoms with Gasteiger partial charge in [-0.25, -0.2) is 12.8 Å². The smallest absolute Gasteiger partial charge is 0.308 e. The lowest BCUT2D eigenvalue weighted by Crippen LogP contribution is -2.50. The Kier molecular flexibility index (Phi) is 6.02. The minimum absolute atomic E-state index is 0.0278. The van der Waals surface area contributed by atoms with Crippen molar-refractivity contribution in [1.29, 1.82) is 0 Å². The highest BCUT2D eigenvalue weighted by atomic mass is 32.2. The fraction of sp³-hybridized carbons (Fsp3) is 0.529. The lowest BCUT2D eigenvalue weighted by Gasteiger charge is -2.26. The Bertz CT molecular complexity index is 796. The van der Waals surface area contributed by atoms with E-state index in [-0.39, 0.29) is 19.0 Å². The van der Waals surface area contributed by atoms with Crippen molar-refractivity contribution in [2.75, 3.05) is 13.1 Å². The van der Waals surface area contributed by atoms with Crippen LogP contribution in [0.3, 0.4) is 0 Å². The molecule has 26 heavy (non-hydrogen) atoms. The molecule has 2 rings (SSSR count). The highest BCUT2D eigenvalue weighted by Crippen LogP contribution is 2.25. The van der Waals surface area contributed by atoms with Gasteiger partial charge in [0.25, 0.3) is 0 Å². The fourth-order valence-electron chi connectivity index (χ4n) is 3.03. The minimum atomic E-state index is -4.24. The molecule has 1 amide bonds. The van der Waals surface area contributed by atoms with Crippen LogP contribution in [0.1, 0.15) is 20.8 Å². The fourth-order valence-corrected chi connectivity index (χ4v) is 4.45. The molecule has 0 spiro atoms. The van der Waals surface area contributed by atoms with Crippen LogP contribution < -0.4 is 4.72 Å². The van der Waals surface area contributed by atoms with Crippen LogP contribution in [-0.4, -0.2) is 49.4 Å². The van der Waals surface area contributed by atoms with Gasteiger partial charge in [-0.2, -0.15) is 4.72 Å². The van der Waals surface area contributed by atoms with Crippen LogP contribution in [0.2, 0.25) is 0 Å². The lowest BCUT2D eigenvalue weighted by molar-refractivity contribution is -0.142. The number of rotatable bonds is 6. The molecule has 0 aliphatic carbocycles. The number of benzene rings is 1. The van der Waals surface area contributed by atoms with E-state index in [9.17, 15) is 27.5 Å². The quantitative estimate of drug-likeness (QED) is 0.767. The van der Waals surface area contributed by atoms with Crippen LogP contribution in [0.4, 0.5) is 4.39 Å². The number of likely N-dealkylation sites (tertiary alicyclic amines) is 1. The number of carbonyl (C=O) groups is 2. The van der Waals surface area contributed by atoms with Crippen molar-refractivity contribution in [2.24, 2.45) is 17.8 Å². The topological polar surface area (TPSA) is 104 Å². The van der Waals surface area contributed by atoms with Crippen LogP contribution in [-0.2, 0) is 19.6 Å². The number of hydrogen-bond acceptors (Lipinski definition) is 4. The molecule has 1 aliphatic heterocycles. The van der Waals surface area contributed by atoms with Gasteiger partial charge in [0.05, 0.1) is 5.92 Å². The Balaban J connectivity index is 2.23. The van der Waals surface area contributed by atoms with Gasteiger partial charge in [-0.05, 0) is 24.0 Å². The van der Waals surface area contributed by atoms with E-state index in [1.165, 1.54) is 17.0 Å². The maximum Gasteiger partial charge on any atom is 0.308 e. The Morgan fingerprint density at radius 2 is 1.88 bits per heavy atom. The summed E-state index contributed by atoms with van der Waals surface area (Å²) in [5.41, 5.74) is 0. The Morgan fingerprint density at radius 3 is 2.38 bits per heavy atom. The van der Waals surface area contributed by atoms with E-state index < -0.39 is 50.5 Å². The first-order valence-corrected chi connectivity index (χ1v) is 9.81.